The number of carbonyl (C=O) groups is 1. The molecule has 25 heavy (non-hydrogen) atoms. The van der Waals surface area contributed by atoms with E-state index in [9.17, 15) is 13.6 Å². The molecule has 0 spiro atoms. The molecule has 1 unspecified atom stereocenters. The van der Waals surface area contributed by atoms with Crippen molar-refractivity contribution in [1.29, 1.82) is 0 Å². The zero-order valence-corrected chi connectivity index (χ0v) is 14.4. The maximum absolute atomic E-state index is 14.3. The van der Waals surface area contributed by atoms with Crippen molar-refractivity contribution >= 4 is 5.91 Å². The van der Waals surface area contributed by atoms with Gasteiger partial charge < -0.3 is 14.8 Å². The van der Waals surface area contributed by atoms with Crippen LogP contribution >= 0.6 is 0 Å². The molecule has 1 amide bonds. The van der Waals surface area contributed by atoms with Crippen LogP contribution in [0.2, 0.25) is 0 Å². The van der Waals surface area contributed by atoms with Gasteiger partial charge in [0.15, 0.2) is 0 Å². The predicted molar refractivity (Wildman–Crippen MR) is 91.8 cm³/mol. The van der Waals surface area contributed by atoms with Gasteiger partial charge in [-0.1, -0.05) is 6.07 Å². The monoisotopic (exact) mass is 349 g/mol. The third-order valence-corrected chi connectivity index (χ3v) is 3.83. The molecule has 0 radical (unpaired) electrons. The Balaban J connectivity index is 2.19. The zero-order chi connectivity index (χ0) is 18.4. The van der Waals surface area contributed by atoms with E-state index in [0.29, 0.717) is 24.3 Å². The maximum atomic E-state index is 14.3. The van der Waals surface area contributed by atoms with Crippen LogP contribution in [-0.2, 0) is 4.74 Å². The Morgan fingerprint density at radius 1 is 1.12 bits per heavy atom. The Hall–Kier alpha value is -2.47. The highest BCUT2D eigenvalue weighted by Gasteiger charge is 2.16. The van der Waals surface area contributed by atoms with E-state index in [-0.39, 0.29) is 17.2 Å². The first-order chi connectivity index (χ1) is 12.0. The molecule has 1 atom stereocenters. The minimum absolute atomic E-state index is 0.0815. The average Bonchev–Trinajstić information content (AvgIpc) is 2.59. The topological polar surface area (TPSA) is 47.6 Å². The van der Waals surface area contributed by atoms with Crippen LogP contribution in [0.5, 0.6) is 5.75 Å². The molecular weight excluding hydrogens is 328 g/mol. The first-order valence-corrected chi connectivity index (χ1v) is 7.89. The molecule has 1 N–H and O–H groups in total. The minimum atomic E-state index is -0.704. The smallest absolute Gasteiger partial charge is 0.254 e. The lowest BCUT2D eigenvalue weighted by Gasteiger charge is -2.14. The molecule has 0 aliphatic heterocycles. The number of rotatable bonds is 7. The van der Waals surface area contributed by atoms with E-state index in [2.05, 4.69) is 5.32 Å². The van der Waals surface area contributed by atoms with Gasteiger partial charge in [-0.3, -0.25) is 4.79 Å². The van der Waals surface area contributed by atoms with Gasteiger partial charge >= 0.3 is 0 Å². The SMILES string of the molecule is COCCC(C)NC(=O)c1ccc(-c2ccc(OC)cc2F)cc1F. The molecule has 0 aliphatic carbocycles. The van der Waals surface area contributed by atoms with Gasteiger partial charge in [-0.05, 0) is 43.2 Å². The van der Waals surface area contributed by atoms with Gasteiger partial charge in [0.2, 0.25) is 0 Å². The van der Waals surface area contributed by atoms with Crippen molar-refractivity contribution in [3.05, 3.63) is 53.6 Å². The van der Waals surface area contributed by atoms with Crippen LogP contribution in [-0.4, -0.2) is 32.8 Å². The highest BCUT2D eigenvalue weighted by atomic mass is 19.1. The Kier molecular flexibility index (Phi) is 6.47. The lowest BCUT2D eigenvalue weighted by atomic mass is 10.0. The van der Waals surface area contributed by atoms with E-state index >= 15 is 0 Å². The van der Waals surface area contributed by atoms with Crippen molar-refractivity contribution in [2.45, 2.75) is 19.4 Å². The summed E-state index contributed by atoms with van der Waals surface area (Å²) in [5, 5.41) is 2.71. The van der Waals surface area contributed by atoms with Gasteiger partial charge in [0.1, 0.15) is 17.4 Å². The molecule has 2 aromatic rings. The number of benzene rings is 2. The van der Waals surface area contributed by atoms with E-state index < -0.39 is 17.5 Å². The molecule has 4 nitrogen and oxygen atoms in total. The highest BCUT2D eigenvalue weighted by molar-refractivity contribution is 5.95. The van der Waals surface area contributed by atoms with Gasteiger partial charge in [0.05, 0.1) is 12.7 Å². The fourth-order valence-corrected chi connectivity index (χ4v) is 2.39. The Bertz CT molecular complexity index is 749. The third-order valence-electron chi connectivity index (χ3n) is 3.83. The number of halogens is 2. The Morgan fingerprint density at radius 2 is 1.88 bits per heavy atom. The molecule has 0 bridgehead atoms. The van der Waals surface area contributed by atoms with E-state index in [1.807, 2.05) is 6.92 Å². The molecule has 0 saturated heterocycles. The zero-order valence-electron chi connectivity index (χ0n) is 14.4. The van der Waals surface area contributed by atoms with Crippen molar-refractivity contribution < 1.29 is 23.0 Å². The van der Waals surface area contributed by atoms with Crippen molar-refractivity contribution in [3.63, 3.8) is 0 Å². The van der Waals surface area contributed by atoms with Crippen LogP contribution in [0.1, 0.15) is 23.7 Å². The van der Waals surface area contributed by atoms with Gasteiger partial charge in [0.25, 0.3) is 5.91 Å². The summed E-state index contributed by atoms with van der Waals surface area (Å²) < 4.78 is 38.3. The quantitative estimate of drug-likeness (QED) is 0.827. The lowest BCUT2D eigenvalue weighted by Crippen LogP contribution is -2.33. The molecule has 0 aromatic heterocycles. The summed E-state index contributed by atoms with van der Waals surface area (Å²) in [6.07, 6.45) is 0.624. The number of nitrogens with one attached hydrogen (secondary N) is 1. The minimum Gasteiger partial charge on any atom is -0.497 e. The number of hydrogen-bond acceptors (Lipinski definition) is 3. The fourth-order valence-electron chi connectivity index (χ4n) is 2.39. The molecule has 0 fully saturated rings. The summed E-state index contributed by atoms with van der Waals surface area (Å²) in [6, 6.07) is 8.20. The number of hydrogen-bond donors (Lipinski definition) is 1. The van der Waals surface area contributed by atoms with Gasteiger partial charge in [-0.25, -0.2) is 8.78 Å². The molecule has 134 valence electrons. The third kappa shape index (κ3) is 4.76. The Morgan fingerprint density at radius 3 is 2.48 bits per heavy atom. The first kappa shape index (κ1) is 18.9. The van der Waals surface area contributed by atoms with Crippen LogP contribution in [0.25, 0.3) is 11.1 Å². The van der Waals surface area contributed by atoms with Crippen LogP contribution in [0.15, 0.2) is 36.4 Å². The Labute approximate surface area is 145 Å². The highest BCUT2D eigenvalue weighted by Crippen LogP contribution is 2.27. The van der Waals surface area contributed by atoms with Crippen LogP contribution in [0, 0.1) is 11.6 Å². The van der Waals surface area contributed by atoms with Crippen molar-refractivity contribution in [2.75, 3.05) is 20.8 Å². The summed E-state index contributed by atoms with van der Waals surface area (Å²) in [4.78, 5) is 12.2. The summed E-state index contributed by atoms with van der Waals surface area (Å²) in [6.45, 7) is 2.32. The molecule has 2 aromatic carbocycles. The van der Waals surface area contributed by atoms with Crippen LogP contribution < -0.4 is 10.1 Å². The predicted octanol–water partition coefficient (Wildman–Crippen LogP) is 3.80. The van der Waals surface area contributed by atoms with Crippen LogP contribution in [0.3, 0.4) is 0 Å². The van der Waals surface area contributed by atoms with E-state index in [4.69, 9.17) is 9.47 Å². The number of carbonyl (C=O) groups excluding carboxylic acids is 1. The van der Waals surface area contributed by atoms with E-state index in [1.54, 1.807) is 13.2 Å². The fraction of sp³-hybridized carbons (Fsp3) is 0.316. The van der Waals surface area contributed by atoms with E-state index in [1.165, 1.54) is 31.4 Å². The van der Waals surface area contributed by atoms with Gasteiger partial charge in [-0.15, -0.1) is 0 Å². The maximum Gasteiger partial charge on any atom is 0.254 e. The normalized spacial score (nSPS) is 11.9. The number of ether oxygens (including phenoxy) is 2. The second-order valence-corrected chi connectivity index (χ2v) is 5.70. The summed E-state index contributed by atoms with van der Waals surface area (Å²) in [7, 11) is 3.01. The number of amides is 1. The average molecular weight is 349 g/mol. The molecule has 0 heterocycles. The molecule has 0 aliphatic rings. The summed E-state index contributed by atoms with van der Waals surface area (Å²) in [5.41, 5.74) is 0.503. The molecule has 0 saturated carbocycles. The second kappa shape index (κ2) is 8.58. The second-order valence-electron chi connectivity index (χ2n) is 5.70. The van der Waals surface area contributed by atoms with Crippen molar-refractivity contribution in [1.82, 2.24) is 5.32 Å². The molecule has 2 rings (SSSR count). The van der Waals surface area contributed by atoms with Crippen LogP contribution in [0.4, 0.5) is 8.78 Å². The van der Waals surface area contributed by atoms with Gasteiger partial charge in [-0.2, -0.15) is 0 Å². The number of methoxy groups -OCH3 is 2. The lowest BCUT2D eigenvalue weighted by molar-refractivity contribution is 0.0925. The van der Waals surface area contributed by atoms with Crippen molar-refractivity contribution in [2.24, 2.45) is 0 Å². The summed E-state index contributed by atoms with van der Waals surface area (Å²) >= 11 is 0. The van der Waals surface area contributed by atoms with E-state index in [0.717, 1.165) is 6.07 Å². The summed E-state index contributed by atoms with van der Waals surface area (Å²) in [5.74, 6) is -1.36. The largest absolute Gasteiger partial charge is 0.497 e. The molecular formula is C19H21F2NO3. The van der Waals surface area contributed by atoms with Gasteiger partial charge in [0, 0.05) is 31.4 Å². The first-order valence-electron chi connectivity index (χ1n) is 7.89. The molecule has 6 heteroatoms. The van der Waals surface area contributed by atoms with Crippen molar-refractivity contribution in [3.8, 4) is 16.9 Å². The standard InChI is InChI=1S/C19H21F2NO3/c1-12(8-9-24-2)22-19(23)16-6-4-13(10-17(16)20)15-7-5-14(25-3)11-18(15)21/h4-7,10-12H,8-9H2,1-3H3,(H,22,23).